The summed E-state index contributed by atoms with van der Waals surface area (Å²) in [6.07, 6.45) is 4.45. The van der Waals surface area contributed by atoms with Crippen LogP contribution in [0, 0.1) is 13.8 Å². The first-order chi connectivity index (χ1) is 13.0. The highest BCUT2D eigenvalue weighted by atomic mass is 35.5. The third kappa shape index (κ3) is 3.29. The van der Waals surface area contributed by atoms with Crippen LogP contribution in [0.3, 0.4) is 0 Å². The number of nitrogens with zero attached hydrogens (tertiary/aromatic N) is 4. The van der Waals surface area contributed by atoms with Crippen LogP contribution in [0.15, 0.2) is 47.5 Å². The summed E-state index contributed by atoms with van der Waals surface area (Å²) in [5.41, 5.74) is 3.38. The van der Waals surface area contributed by atoms with E-state index in [0.29, 0.717) is 45.3 Å². The van der Waals surface area contributed by atoms with E-state index in [1.54, 1.807) is 10.9 Å². The zero-order chi connectivity index (χ0) is 19.0. The van der Waals surface area contributed by atoms with Gasteiger partial charge in [-0.05, 0) is 26.0 Å². The van der Waals surface area contributed by atoms with Crippen LogP contribution >= 0.6 is 11.6 Å². The minimum Gasteiger partial charge on any atom is -0.447 e. The number of pyridine rings is 1. The van der Waals surface area contributed by atoms with Crippen molar-refractivity contribution in [3.05, 3.63) is 70.7 Å². The van der Waals surface area contributed by atoms with Crippen molar-refractivity contribution in [1.82, 2.24) is 19.7 Å². The highest BCUT2D eigenvalue weighted by Gasteiger charge is 2.20. The minimum absolute atomic E-state index is 0.298. The first-order valence-corrected chi connectivity index (χ1v) is 8.67. The number of hydrogen-bond donors (Lipinski definition) is 1. The standard InChI is InChI=1S/C19H16ClN5O2/c1-11-3-5-13(6-4-11)23-19(26)15-8-22-18-16(17(15)20)12(2)24-25(18)9-14-7-21-10-27-14/h3-8,10H,9H2,1-2H3,(H,23,26). The number of fused-ring (bicyclic) bond motifs is 1. The number of carbonyl (C=O) groups is 1. The summed E-state index contributed by atoms with van der Waals surface area (Å²) in [4.78, 5) is 21.0. The molecule has 136 valence electrons. The van der Waals surface area contributed by atoms with E-state index in [9.17, 15) is 4.79 Å². The van der Waals surface area contributed by atoms with Gasteiger partial charge in [-0.15, -0.1) is 0 Å². The third-order valence-electron chi connectivity index (χ3n) is 4.22. The smallest absolute Gasteiger partial charge is 0.258 e. The molecule has 27 heavy (non-hydrogen) atoms. The summed E-state index contributed by atoms with van der Waals surface area (Å²) in [6.45, 7) is 4.19. The average molecular weight is 382 g/mol. The summed E-state index contributed by atoms with van der Waals surface area (Å²) in [5, 5.41) is 8.28. The molecule has 7 nitrogen and oxygen atoms in total. The lowest BCUT2D eigenvalue weighted by Gasteiger charge is -2.08. The Hall–Kier alpha value is -3.19. The molecule has 0 spiro atoms. The van der Waals surface area contributed by atoms with Gasteiger partial charge in [-0.2, -0.15) is 5.10 Å². The largest absolute Gasteiger partial charge is 0.447 e. The quantitative estimate of drug-likeness (QED) is 0.577. The Morgan fingerprint density at radius 1 is 1.22 bits per heavy atom. The highest BCUT2D eigenvalue weighted by Crippen LogP contribution is 2.29. The van der Waals surface area contributed by atoms with Gasteiger partial charge in [-0.25, -0.2) is 14.6 Å². The van der Waals surface area contributed by atoms with Gasteiger partial charge in [0, 0.05) is 11.9 Å². The molecule has 0 aliphatic heterocycles. The summed E-state index contributed by atoms with van der Waals surface area (Å²) in [6, 6.07) is 7.54. The number of oxazole rings is 1. The van der Waals surface area contributed by atoms with Gasteiger partial charge >= 0.3 is 0 Å². The summed E-state index contributed by atoms with van der Waals surface area (Å²) in [5.74, 6) is 0.333. The van der Waals surface area contributed by atoms with E-state index in [2.05, 4.69) is 20.4 Å². The number of halogens is 1. The second kappa shape index (κ2) is 6.85. The molecule has 0 aliphatic carbocycles. The van der Waals surface area contributed by atoms with E-state index >= 15 is 0 Å². The lowest BCUT2D eigenvalue weighted by atomic mass is 10.2. The summed E-state index contributed by atoms with van der Waals surface area (Å²) >= 11 is 6.54. The Bertz CT molecular complexity index is 1120. The van der Waals surface area contributed by atoms with Crippen LogP contribution in [0.25, 0.3) is 11.0 Å². The van der Waals surface area contributed by atoms with Crippen LogP contribution in [0.4, 0.5) is 5.69 Å². The third-order valence-corrected chi connectivity index (χ3v) is 4.61. The number of amides is 1. The molecule has 3 heterocycles. The van der Waals surface area contributed by atoms with Crippen LogP contribution in [0.1, 0.15) is 27.4 Å². The minimum atomic E-state index is -0.319. The van der Waals surface area contributed by atoms with Gasteiger partial charge in [0.15, 0.2) is 12.0 Å². The number of anilines is 1. The monoisotopic (exact) mass is 381 g/mol. The van der Waals surface area contributed by atoms with Crippen molar-refractivity contribution in [1.29, 1.82) is 0 Å². The van der Waals surface area contributed by atoms with Gasteiger partial charge in [-0.1, -0.05) is 29.3 Å². The van der Waals surface area contributed by atoms with Gasteiger partial charge in [-0.3, -0.25) is 4.79 Å². The molecule has 0 saturated heterocycles. The summed E-state index contributed by atoms with van der Waals surface area (Å²) < 4.78 is 6.95. The second-order valence-electron chi connectivity index (χ2n) is 6.22. The van der Waals surface area contributed by atoms with Crippen LogP contribution in [0.2, 0.25) is 5.02 Å². The fourth-order valence-corrected chi connectivity index (χ4v) is 3.20. The molecular formula is C19H16ClN5O2. The highest BCUT2D eigenvalue weighted by molar-refractivity contribution is 6.39. The SMILES string of the molecule is Cc1ccc(NC(=O)c2cnc3c(c(C)nn3Cc3cnco3)c2Cl)cc1. The van der Waals surface area contributed by atoms with Crippen molar-refractivity contribution in [2.24, 2.45) is 0 Å². The maximum absolute atomic E-state index is 12.7. The van der Waals surface area contributed by atoms with E-state index in [4.69, 9.17) is 16.0 Å². The van der Waals surface area contributed by atoms with E-state index < -0.39 is 0 Å². The Balaban J connectivity index is 1.68. The van der Waals surface area contributed by atoms with E-state index in [0.717, 1.165) is 5.56 Å². The zero-order valence-electron chi connectivity index (χ0n) is 14.7. The van der Waals surface area contributed by atoms with Gasteiger partial charge < -0.3 is 9.73 Å². The molecule has 0 radical (unpaired) electrons. The Morgan fingerprint density at radius 3 is 2.70 bits per heavy atom. The zero-order valence-corrected chi connectivity index (χ0v) is 15.5. The first kappa shape index (κ1) is 17.2. The topological polar surface area (TPSA) is 85.8 Å². The molecule has 0 unspecified atom stereocenters. The first-order valence-electron chi connectivity index (χ1n) is 8.30. The molecular weight excluding hydrogens is 366 g/mol. The predicted octanol–water partition coefficient (Wildman–Crippen LogP) is 3.99. The molecule has 1 amide bonds. The lowest BCUT2D eigenvalue weighted by Crippen LogP contribution is -2.13. The maximum Gasteiger partial charge on any atom is 0.258 e. The van der Waals surface area contributed by atoms with Crippen molar-refractivity contribution in [3.63, 3.8) is 0 Å². The molecule has 1 aromatic carbocycles. The van der Waals surface area contributed by atoms with Gasteiger partial charge in [0.05, 0.1) is 27.9 Å². The van der Waals surface area contributed by atoms with Crippen molar-refractivity contribution in [2.75, 3.05) is 5.32 Å². The molecule has 3 aromatic heterocycles. The molecule has 8 heteroatoms. The molecule has 0 fully saturated rings. The average Bonchev–Trinajstić information content (AvgIpc) is 3.26. The molecule has 0 saturated carbocycles. The van der Waals surface area contributed by atoms with Crippen molar-refractivity contribution in [3.8, 4) is 0 Å². The van der Waals surface area contributed by atoms with Crippen molar-refractivity contribution in [2.45, 2.75) is 20.4 Å². The lowest BCUT2D eigenvalue weighted by molar-refractivity contribution is 0.102. The maximum atomic E-state index is 12.7. The Kier molecular flexibility index (Phi) is 4.37. The fraction of sp³-hybridized carbons (Fsp3) is 0.158. The number of nitrogens with one attached hydrogen (secondary N) is 1. The number of aryl methyl sites for hydroxylation is 2. The molecule has 0 atom stereocenters. The van der Waals surface area contributed by atoms with Crippen LogP contribution < -0.4 is 5.32 Å². The van der Waals surface area contributed by atoms with Crippen LogP contribution in [-0.4, -0.2) is 25.7 Å². The Morgan fingerprint density at radius 2 is 2.00 bits per heavy atom. The van der Waals surface area contributed by atoms with Gasteiger partial charge in [0.25, 0.3) is 5.91 Å². The van der Waals surface area contributed by atoms with Crippen molar-refractivity contribution < 1.29 is 9.21 Å². The number of hydrogen-bond acceptors (Lipinski definition) is 5. The predicted molar refractivity (Wildman–Crippen MR) is 102 cm³/mol. The van der Waals surface area contributed by atoms with E-state index in [-0.39, 0.29) is 5.91 Å². The van der Waals surface area contributed by atoms with E-state index in [1.165, 1.54) is 12.6 Å². The molecule has 0 bridgehead atoms. The number of carbonyl (C=O) groups excluding carboxylic acids is 1. The normalized spacial score (nSPS) is 11.1. The molecule has 4 aromatic rings. The second-order valence-corrected chi connectivity index (χ2v) is 6.59. The van der Waals surface area contributed by atoms with Crippen molar-refractivity contribution >= 4 is 34.2 Å². The van der Waals surface area contributed by atoms with Crippen LogP contribution in [0.5, 0.6) is 0 Å². The molecule has 1 N–H and O–H groups in total. The van der Waals surface area contributed by atoms with Gasteiger partial charge in [0.1, 0.15) is 12.3 Å². The number of benzene rings is 1. The molecule has 0 aliphatic rings. The van der Waals surface area contributed by atoms with Gasteiger partial charge in [0.2, 0.25) is 0 Å². The summed E-state index contributed by atoms with van der Waals surface area (Å²) in [7, 11) is 0. The molecule has 4 rings (SSSR count). The number of aromatic nitrogens is 4. The Labute approximate surface area is 160 Å². The number of rotatable bonds is 4. The van der Waals surface area contributed by atoms with Crippen LogP contribution in [-0.2, 0) is 6.54 Å². The van der Waals surface area contributed by atoms with E-state index in [1.807, 2.05) is 38.1 Å². The fourth-order valence-electron chi connectivity index (χ4n) is 2.85.